The van der Waals surface area contributed by atoms with Gasteiger partial charge in [0.15, 0.2) is 6.61 Å². The number of likely N-dealkylation sites (tertiary alicyclic amines) is 1. The summed E-state index contributed by atoms with van der Waals surface area (Å²) in [7, 11) is 0. The van der Waals surface area contributed by atoms with Gasteiger partial charge in [-0.3, -0.25) is 9.78 Å². The van der Waals surface area contributed by atoms with Crippen LogP contribution in [0.1, 0.15) is 32.3 Å². The molecule has 0 unspecified atom stereocenters. The second kappa shape index (κ2) is 10.8. The Morgan fingerprint density at radius 2 is 1.92 bits per heavy atom. The Labute approximate surface area is 223 Å². The van der Waals surface area contributed by atoms with Crippen molar-refractivity contribution < 1.29 is 9.53 Å². The minimum atomic E-state index is -0.227. The fourth-order valence-corrected chi connectivity index (χ4v) is 4.91. The molecule has 0 aliphatic carbocycles. The molecule has 1 aliphatic heterocycles. The van der Waals surface area contributed by atoms with Crippen molar-refractivity contribution in [3.63, 3.8) is 0 Å². The van der Waals surface area contributed by atoms with Gasteiger partial charge in [-0.25, -0.2) is 9.97 Å². The number of fused-ring (bicyclic) bond motifs is 1. The quantitative estimate of drug-likeness (QED) is 0.356. The Bertz CT molecular complexity index is 1430. The van der Waals surface area contributed by atoms with Crippen molar-refractivity contribution in [2.24, 2.45) is 11.7 Å². The predicted molar refractivity (Wildman–Crippen MR) is 150 cm³/mol. The molecule has 3 heterocycles. The van der Waals surface area contributed by atoms with Gasteiger partial charge in [0.05, 0.1) is 5.52 Å². The second-order valence-electron chi connectivity index (χ2n) is 10.6. The topological polar surface area (TPSA) is 106 Å². The average Bonchev–Trinajstić information content (AvgIpc) is 2.92. The van der Waals surface area contributed by atoms with Crippen LogP contribution in [0.5, 0.6) is 5.75 Å². The van der Waals surface area contributed by atoms with Crippen LogP contribution in [0.3, 0.4) is 0 Å². The van der Waals surface area contributed by atoms with Crippen molar-refractivity contribution in [3.05, 3.63) is 72.7 Å². The highest BCUT2D eigenvalue weighted by Gasteiger charge is 2.30. The van der Waals surface area contributed by atoms with E-state index in [1.165, 1.54) is 0 Å². The molecule has 5 rings (SSSR count). The maximum atomic E-state index is 12.9. The van der Waals surface area contributed by atoms with Crippen molar-refractivity contribution in [1.82, 2.24) is 19.9 Å². The number of benzene rings is 2. The van der Waals surface area contributed by atoms with Gasteiger partial charge in [-0.2, -0.15) is 0 Å². The van der Waals surface area contributed by atoms with Crippen LogP contribution in [0.2, 0.25) is 0 Å². The molecule has 38 heavy (non-hydrogen) atoms. The van der Waals surface area contributed by atoms with E-state index in [0.717, 1.165) is 46.1 Å². The zero-order chi connectivity index (χ0) is 26.7. The van der Waals surface area contributed by atoms with Crippen LogP contribution in [0.25, 0.3) is 22.0 Å². The molecule has 0 atom stereocenters. The Morgan fingerprint density at radius 1 is 1.11 bits per heavy atom. The van der Waals surface area contributed by atoms with Gasteiger partial charge >= 0.3 is 0 Å². The molecule has 196 valence electrons. The minimum absolute atomic E-state index is 0.0206. The third-order valence-corrected chi connectivity index (χ3v) is 7.16. The third kappa shape index (κ3) is 6.08. The Balaban J connectivity index is 1.33. The van der Waals surface area contributed by atoms with E-state index >= 15 is 0 Å². The molecule has 1 saturated heterocycles. The van der Waals surface area contributed by atoms with Gasteiger partial charge in [0.2, 0.25) is 5.95 Å². The minimum Gasteiger partial charge on any atom is -0.484 e. The monoisotopic (exact) mass is 510 g/mol. The maximum absolute atomic E-state index is 12.9. The van der Waals surface area contributed by atoms with Gasteiger partial charge in [0, 0.05) is 59.9 Å². The Hall–Kier alpha value is -4.04. The maximum Gasteiger partial charge on any atom is 0.260 e. The highest BCUT2D eigenvalue weighted by Crippen LogP contribution is 2.30. The SMILES string of the molecule is Cc1ccc2nc(Nc3cc(OCC(=O)N4CCC(C(C)(C)N)CC4)cc(-c4cccnc4)c3)ncc2c1. The number of aryl methyl sites for hydroxylation is 1. The van der Waals surface area contributed by atoms with Crippen molar-refractivity contribution in [3.8, 4) is 16.9 Å². The molecule has 0 saturated carbocycles. The van der Waals surface area contributed by atoms with Crippen LogP contribution in [-0.4, -0.2) is 51.0 Å². The first-order valence-electron chi connectivity index (χ1n) is 13.0. The van der Waals surface area contributed by atoms with Gasteiger partial charge in [-0.1, -0.05) is 17.7 Å². The molecular formula is C30H34N6O2. The number of nitrogens with two attached hydrogens (primary N) is 1. The number of nitrogens with zero attached hydrogens (tertiary/aromatic N) is 4. The Morgan fingerprint density at radius 3 is 2.66 bits per heavy atom. The van der Waals surface area contributed by atoms with Crippen molar-refractivity contribution in [2.45, 2.75) is 39.2 Å². The summed E-state index contributed by atoms with van der Waals surface area (Å²) in [5.74, 6) is 1.46. The molecular weight excluding hydrogens is 476 g/mol. The predicted octanol–water partition coefficient (Wildman–Crippen LogP) is 5.10. The highest BCUT2D eigenvalue weighted by atomic mass is 16.5. The lowest BCUT2D eigenvalue weighted by Crippen LogP contribution is -2.49. The Kier molecular flexibility index (Phi) is 7.24. The number of pyridine rings is 1. The number of piperidine rings is 1. The first kappa shape index (κ1) is 25.6. The normalized spacial score (nSPS) is 14.5. The first-order valence-corrected chi connectivity index (χ1v) is 13.0. The molecule has 8 heteroatoms. The summed E-state index contributed by atoms with van der Waals surface area (Å²) in [6.45, 7) is 7.54. The van der Waals surface area contributed by atoms with Gasteiger partial charge < -0.3 is 20.7 Å². The molecule has 2 aromatic heterocycles. The summed E-state index contributed by atoms with van der Waals surface area (Å²) in [4.78, 5) is 28.2. The smallest absolute Gasteiger partial charge is 0.260 e. The van der Waals surface area contributed by atoms with Crippen molar-refractivity contribution in [2.75, 3.05) is 25.0 Å². The number of ether oxygens (including phenoxy) is 1. The number of aromatic nitrogens is 3. The fraction of sp³-hybridized carbons (Fsp3) is 0.333. The number of hydrogen-bond donors (Lipinski definition) is 2. The van der Waals surface area contributed by atoms with E-state index in [-0.39, 0.29) is 18.1 Å². The van der Waals surface area contributed by atoms with E-state index in [0.29, 0.717) is 30.7 Å². The molecule has 3 N–H and O–H groups in total. The van der Waals surface area contributed by atoms with E-state index in [9.17, 15) is 4.79 Å². The van der Waals surface area contributed by atoms with Crippen LogP contribution in [0.4, 0.5) is 11.6 Å². The molecule has 1 aliphatic rings. The van der Waals surface area contributed by atoms with Crippen molar-refractivity contribution >= 4 is 28.4 Å². The lowest BCUT2D eigenvalue weighted by molar-refractivity contribution is -0.135. The van der Waals surface area contributed by atoms with E-state index in [2.05, 4.69) is 40.2 Å². The fourth-order valence-electron chi connectivity index (χ4n) is 4.91. The van der Waals surface area contributed by atoms with E-state index in [1.54, 1.807) is 12.4 Å². The summed E-state index contributed by atoms with van der Waals surface area (Å²) in [6, 6.07) is 15.7. The molecule has 4 aromatic rings. The van der Waals surface area contributed by atoms with Gasteiger partial charge in [0.1, 0.15) is 5.75 Å². The summed E-state index contributed by atoms with van der Waals surface area (Å²) < 4.78 is 6.02. The molecule has 0 radical (unpaired) electrons. The van der Waals surface area contributed by atoms with Crippen LogP contribution < -0.4 is 15.8 Å². The molecule has 0 spiro atoms. The largest absolute Gasteiger partial charge is 0.484 e. The van der Waals surface area contributed by atoms with Crippen molar-refractivity contribution in [1.29, 1.82) is 0 Å². The molecule has 1 fully saturated rings. The second-order valence-corrected chi connectivity index (χ2v) is 10.6. The summed E-state index contributed by atoms with van der Waals surface area (Å²) in [6.07, 6.45) is 7.16. The van der Waals surface area contributed by atoms with E-state index in [4.69, 9.17) is 10.5 Å². The average molecular weight is 511 g/mol. The summed E-state index contributed by atoms with van der Waals surface area (Å²) in [5.41, 5.74) is 10.7. The number of hydrogen-bond acceptors (Lipinski definition) is 7. The van der Waals surface area contributed by atoms with Crippen LogP contribution in [-0.2, 0) is 4.79 Å². The van der Waals surface area contributed by atoms with Crippen LogP contribution >= 0.6 is 0 Å². The highest BCUT2D eigenvalue weighted by molar-refractivity contribution is 5.80. The first-order chi connectivity index (χ1) is 18.2. The lowest BCUT2D eigenvalue weighted by Gasteiger charge is -2.38. The number of rotatable bonds is 7. The number of carbonyl (C=O) groups excluding carboxylic acids is 1. The molecule has 8 nitrogen and oxygen atoms in total. The zero-order valence-electron chi connectivity index (χ0n) is 22.1. The molecule has 1 amide bonds. The van der Waals surface area contributed by atoms with E-state index in [1.807, 2.05) is 60.5 Å². The van der Waals surface area contributed by atoms with Gasteiger partial charge in [-0.15, -0.1) is 0 Å². The van der Waals surface area contributed by atoms with Gasteiger partial charge in [0.25, 0.3) is 5.91 Å². The number of anilines is 2. The molecule has 0 bridgehead atoms. The zero-order valence-corrected chi connectivity index (χ0v) is 22.1. The lowest BCUT2D eigenvalue weighted by atomic mass is 9.81. The van der Waals surface area contributed by atoms with Crippen LogP contribution in [0, 0.1) is 12.8 Å². The van der Waals surface area contributed by atoms with Crippen LogP contribution in [0.15, 0.2) is 67.1 Å². The molecule has 2 aromatic carbocycles. The number of nitrogens with one attached hydrogen (secondary N) is 1. The standard InChI is InChI=1S/C30H34N6O2/c1-20-6-7-27-23(13-20)18-33-29(35-27)34-25-14-22(21-5-4-10-32-17-21)15-26(16-25)38-19-28(37)36-11-8-24(9-12-36)30(2,3)31/h4-7,10,13-18,24H,8-9,11-12,19,31H2,1-3H3,(H,33,34,35). The number of carbonyl (C=O) groups is 1. The summed E-state index contributed by atoms with van der Waals surface area (Å²) >= 11 is 0. The van der Waals surface area contributed by atoms with E-state index < -0.39 is 0 Å². The third-order valence-electron chi connectivity index (χ3n) is 7.16. The van der Waals surface area contributed by atoms with Gasteiger partial charge in [-0.05, 0) is 75.4 Å². The number of amides is 1. The summed E-state index contributed by atoms with van der Waals surface area (Å²) in [5, 5.41) is 4.29.